The Morgan fingerprint density at radius 1 is 1.09 bits per heavy atom. The number of hydrogen-bond acceptors (Lipinski definition) is 3. The molecule has 3 nitrogen and oxygen atoms in total. The third-order valence-corrected chi connectivity index (χ3v) is 3.74. The van der Waals surface area contributed by atoms with E-state index in [1.165, 1.54) is 0 Å². The highest BCUT2D eigenvalue weighted by atomic mass is 35.5. The topological polar surface area (TPSA) is 34.1 Å². The monoisotopic (exact) mass is 326 g/mol. The van der Waals surface area contributed by atoms with Gasteiger partial charge in [0.2, 0.25) is 0 Å². The minimum absolute atomic E-state index is 0.703. The van der Waals surface area contributed by atoms with Crippen molar-refractivity contribution in [1.82, 2.24) is 4.98 Å². The summed E-state index contributed by atoms with van der Waals surface area (Å²) in [4.78, 5) is 4.55. The summed E-state index contributed by atoms with van der Waals surface area (Å²) in [6, 6.07) is 15.7. The Morgan fingerprint density at radius 3 is 2.61 bits per heavy atom. The molecule has 0 spiro atoms. The van der Waals surface area contributed by atoms with Gasteiger partial charge in [0.05, 0.1) is 12.1 Å². The summed E-state index contributed by atoms with van der Waals surface area (Å²) in [5.41, 5.74) is 3.89. The standard InChI is InChI=1S/C19H19ClN2O/c1-3-10-23-16-7-5-15(6-8-16)22-19-11-13(2)21-18-9-4-14(20)12-17(18)19/h4-9,11-12H,3,10H2,1-2H3,(H,21,22). The van der Waals surface area contributed by atoms with E-state index in [1.54, 1.807) is 0 Å². The Balaban J connectivity index is 1.90. The second-order valence-corrected chi connectivity index (χ2v) is 5.91. The van der Waals surface area contributed by atoms with E-state index in [0.29, 0.717) is 5.02 Å². The number of fused-ring (bicyclic) bond motifs is 1. The van der Waals surface area contributed by atoms with Gasteiger partial charge in [0, 0.05) is 27.5 Å². The molecule has 23 heavy (non-hydrogen) atoms. The molecule has 1 aromatic heterocycles. The third-order valence-electron chi connectivity index (χ3n) is 3.50. The van der Waals surface area contributed by atoms with Gasteiger partial charge in [0.15, 0.2) is 0 Å². The first-order valence-electron chi connectivity index (χ1n) is 7.72. The molecule has 0 aliphatic carbocycles. The minimum Gasteiger partial charge on any atom is -0.494 e. The number of nitrogens with zero attached hydrogens (tertiary/aromatic N) is 1. The molecule has 2 aromatic carbocycles. The largest absolute Gasteiger partial charge is 0.494 e. The molecule has 0 radical (unpaired) electrons. The fraction of sp³-hybridized carbons (Fsp3) is 0.211. The number of pyridine rings is 1. The van der Waals surface area contributed by atoms with Crippen molar-refractivity contribution in [1.29, 1.82) is 0 Å². The van der Waals surface area contributed by atoms with Crippen LogP contribution in [0.4, 0.5) is 11.4 Å². The summed E-state index contributed by atoms with van der Waals surface area (Å²) in [5.74, 6) is 0.885. The van der Waals surface area contributed by atoms with Crippen molar-refractivity contribution in [2.75, 3.05) is 11.9 Å². The Morgan fingerprint density at radius 2 is 1.87 bits per heavy atom. The van der Waals surface area contributed by atoms with Gasteiger partial charge in [-0.2, -0.15) is 0 Å². The second kappa shape index (κ2) is 6.88. The highest BCUT2D eigenvalue weighted by Crippen LogP contribution is 2.29. The zero-order valence-corrected chi connectivity index (χ0v) is 14.0. The lowest BCUT2D eigenvalue weighted by Gasteiger charge is -2.12. The van der Waals surface area contributed by atoms with Crippen molar-refractivity contribution in [2.24, 2.45) is 0 Å². The van der Waals surface area contributed by atoms with Gasteiger partial charge in [0.25, 0.3) is 0 Å². The molecule has 3 aromatic rings. The molecule has 0 bridgehead atoms. The quantitative estimate of drug-likeness (QED) is 0.650. The predicted octanol–water partition coefficient (Wildman–Crippen LogP) is 5.73. The Kier molecular flexibility index (Phi) is 4.68. The Bertz CT molecular complexity index is 815. The fourth-order valence-corrected chi connectivity index (χ4v) is 2.62. The van der Waals surface area contributed by atoms with Crippen molar-refractivity contribution >= 4 is 33.9 Å². The summed E-state index contributed by atoms with van der Waals surface area (Å²) in [6.45, 7) is 4.82. The average Bonchev–Trinajstić information content (AvgIpc) is 2.55. The van der Waals surface area contributed by atoms with E-state index in [9.17, 15) is 0 Å². The van der Waals surface area contributed by atoms with Gasteiger partial charge < -0.3 is 10.1 Å². The molecule has 0 atom stereocenters. The third kappa shape index (κ3) is 3.74. The van der Waals surface area contributed by atoms with Gasteiger partial charge in [-0.05, 0) is 61.9 Å². The number of nitrogens with one attached hydrogen (secondary N) is 1. The Labute approximate surface area is 141 Å². The number of hydrogen-bond donors (Lipinski definition) is 1. The average molecular weight is 327 g/mol. The van der Waals surface area contributed by atoms with Crippen molar-refractivity contribution < 1.29 is 4.74 Å². The molecule has 4 heteroatoms. The molecule has 1 heterocycles. The van der Waals surface area contributed by atoms with Crippen molar-refractivity contribution in [3.8, 4) is 5.75 Å². The number of rotatable bonds is 5. The smallest absolute Gasteiger partial charge is 0.119 e. The number of aryl methyl sites for hydroxylation is 1. The summed E-state index contributed by atoms with van der Waals surface area (Å²) in [7, 11) is 0. The molecule has 0 unspecified atom stereocenters. The van der Waals surface area contributed by atoms with Crippen LogP contribution < -0.4 is 10.1 Å². The van der Waals surface area contributed by atoms with Gasteiger partial charge >= 0.3 is 0 Å². The minimum atomic E-state index is 0.703. The van der Waals surface area contributed by atoms with E-state index in [1.807, 2.05) is 55.5 Å². The van der Waals surface area contributed by atoms with Crippen LogP contribution in [0.1, 0.15) is 19.0 Å². The van der Waals surface area contributed by atoms with Crippen LogP contribution in [0.3, 0.4) is 0 Å². The highest BCUT2D eigenvalue weighted by Gasteiger charge is 2.06. The SMILES string of the molecule is CCCOc1ccc(Nc2cc(C)nc3ccc(Cl)cc23)cc1. The van der Waals surface area contributed by atoms with E-state index in [0.717, 1.165) is 46.7 Å². The summed E-state index contributed by atoms with van der Waals surface area (Å²) >= 11 is 6.13. The molecule has 0 saturated carbocycles. The van der Waals surface area contributed by atoms with Gasteiger partial charge in [-0.25, -0.2) is 0 Å². The molecule has 0 amide bonds. The number of aromatic nitrogens is 1. The van der Waals surface area contributed by atoms with Gasteiger partial charge in [-0.15, -0.1) is 0 Å². The van der Waals surface area contributed by atoms with Crippen LogP contribution in [-0.2, 0) is 0 Å². The van der Waals surface area contributed by atoms with Gasteiger partial charge in [-0.1, -0.05) is 18.5 Å². The first-order valence-corrected chi connectivity index (χ1v) is 8.10. The molecule has 0 saturated heterocycles. The Hall–Kier alpha value is -2.26. The molecular weight excluding hydrogens is 308 g/mol. The first-order chi connectivity index (χ1) is 11.2. The van der Waals surface area contributed by atoms with Crippen LogP contribution >= 0.6 is 11.6 Å². The zero-order chi connectivity index (χ0) is 16.2. The van der Waals surface area contributed by atoms with Crippen molar-refractivity contribution in [3.05, 3.63) is 59.2 Å². The van der Waals surface area contributed by atoms with Crippen LogP contribution in [0.5, 0.6) is 5.75 Å². The zero-order valence-electron chi connectivity index (χ0n) is 13.3. The van der Waals surface area contributed by atoms with Crippen LogP contribution in [0, 0.1) is 6.92 Å². The van der Waals surface area contributed by atoms with Crippen molar-refractivity contribution in [3.63, 3.8) is 0 Å². The van der Waals surface area contributed by atoms with E-state index in [-0.39, 0.29) is 0 Å². The summed E-state index contributed by atoms with van der Waals surface area (Å²) in [6.07, 6.45) is 1.00. The first kappa shape index (κ1) is 15.6. The van der Waals surface area contributed by atoms with E-state index in [2.05, 4.69) is 17.2 Å². The maximum absolute atomic E-state index is 6.13. The van der Waals surface area contributed by atoms with Crippen LogP contribution in [-0.4, -0.2) is 11.6 Å². The lowest BCUT2D eigenvalue weighted by molar-refractivity contribution is 0.317. The van der Waals surface area contributed by atoms with Crippen LogP contribution in [0.25, 0.3) is 10.9 Å². The summed E-state index contributed by atoms with van der Waals surface area (Å²) < 4.78 is 5.61. The van der Waals surface area contributed by atoms with Crippen molar-refractivity contribution in [2.45, 2.75) is 20.3 Å². The van der Waals surface area contributed by atoms with Crippen LogP contribution in [0.2, 0.25) is 5.02 Å². The van der Waals surface area contributed by atoms with E-state index in [4.69, 9.17) is 16.3 Å². The molecule has 0 fully saturated rings. The highest BCUT2D eigenvalue weighted by molar-refractivity contribution is 6.31. The lowest BCUT2D eigenvalue weighted by atomic mass is 10.1. The number of halogens is 1. The summed E-state index contributed by atoms with van der Waals surface area (Å²) in [5, 5.41) is 5.16. The number of benzene rings is 2. The van der Waals surface area contributed by atoms with Gasteiger partial charge in [0.1, 0.15) is 5.75 Å². The molecule has 1 N–H and O–H groups in total. The maximum atomic E-state index is 6.13. The molecule has 118 valence electrons. The lowest BCUT2D eigenvalue weighted by Crippen LogP contribution is -1.96. The predicted molar refractivity (Wildman–Crippen MR) is 97.0 cm³/mol. The van der Waals surface area contributed by atoms with E-state index < -0.39 is 0 Å². The molecule has 0 aliphatic heterocycles. The fourth-order valence-electron chi connectivity index (χ4n) is 2.44. The van der Waals surface area contributed by atoms with Crippen LogP contribution in [0.15, 0.2) is 48.5 Å². The number of anilines is 2. The molecule has 3 rings (SSSR count). The second-order valence-electron chi connectivity index (χ2n) is 5.47. The molecule has 0 aliphatic rings. The maximum Gasteiger partial charge on any atom is 0.119 e. The normalized spacial score (nSPS) is 10.7. The number of ether oxygens (including phenoxy) is 1. The molecular formula is C19H19ClN2O. The van der Waals surface area contributed by atoms with Gasteiger partial charge in [-0.3, -0.25) is 4.98 Å². The van der Waals surface area contributed by atoms with E-state index >= 15 is 0 Å².